The van der Waals surface area contributed by atoms with Gasteiger partial charge < -0.3 is 14.4 Å². The van der Waals surface area contributed by atoms with Crippen LogP contribution in [-0.2, 0) is 20.9 Å². The highest BCUT2D eigenvalue weighted by Crippen LogP contribution is 2.38. The van der Waals surface area contributed by atoms with Gasteiger partial charge in [-0.3, -0.25) is 0 Å². The van der Waals surface area contributed by atoms with Gasteiger partial charge in [0.1, 0.15) is 23.3 Å². The van der Waals surface area contributed by atoms with Crippen LogP contribution in [0, 0.1) is 0 Å². The summed E-state index contributed by atoms with van der Waals surface area (Å²) in [6, 6.07) is 9.63. The van der Waals surface area contributed by atoms with E-state index in [0.717, 1.165) is 21.3 Å². The van der Waals surface area contributed by atoms with Crippen LogP contribution in [0.2, 0.25) is 0 Å². The number of anilines is 1. The molecule has 3 rings (SSSR count). The molecule has 2 aromatic heterocycles. The fourth-order valence-corrected chi connectivity index (χ4v) is 3.88. The van der Waals surface area contributed by atoms with E-state index < -0.39 is 6.04 Å². The van der Waals surface area contributed by atoms with Crippen molar-refractivity contribution in [1.82, 2.24) is 9.97 Å². The number of benzene rings is 1. The van der Waals surface area contributed by atoms with E-state index in [-0.39, 0.29) is 12.1 Å². The van der Waals surface area contributed by atoms with E-state index in [0.29, 0.717) is 18.2 Å². The lowest BCUT2D eigenvalue weighted by atomic mass is 10.1. The second-order valence-corrected chi connectivity index (χ2v) is 7.72. The lowest BCUT2D eigenvalue weighted by Crippen LogP contribution is -2.39. The van der Waals surface area contributed by atoms with Gasteiger partial charge in [-0.05, 0) is 26.3 Å². The number of hydrogen-bond acceptors (Lipinski definition) is 7. The first-order valence-corrected chi connectivity index (χ1v) is 10.1. The van der Waals surface area contributed by atoms with Crippen LogP contribution in [0.25, 0.3) is 21.3 Å². The minimum absolute atomic E-state index is 0.168. The van der Waals surface area contributed by atoms with Crippen LogP contribution in [0.4, 0.5) is 5.82 Å². The number of likely N-dealkylation sites (N-methyl/N-ethyl adjacent to an activating group) is 1. The highest BCUT2D eigenvalue weighted by atomic mass is 32.1. The first-order chi connectivity index (χ1) is 13.4. The van der Waals surface area contributed by atoms with Crippen LogP contribution in [0.1, 0.15) is 26.6 Å². The predicted octanol–water partition coefficient (Wildman–Crippen LogP) is 4.28. The summed E-state index contributed by atoms with van der Waals surface area (Å²) >= 11 is 1.56. The van der Waals surface area contributed by atoms with Crippen molar-refractivity contribution in [1.29, 1.82) is 0 Å². The van der Waals surface area contributed by atoms with Crippen LogP contribution in [0.5, 0.6) is 0 Å². The zero-order valence-electron chi connectivity index (χ0n) is 16.8. The van der Waals surface area contributed by atoms with Gasteiger partial charge in [0, 0.05) is 25.1 Å². The van der Waals surface area contributed by atoms with Crippen LogP contribution < -0.4 is 4.90 Å². The Hall–Kier alpha value is -2.51. The molecule has 1 aromatic carbocycles. The highest BCUT2D eigenvalue weighted by molar-refractivity contribution is 7.17. The number of esters is 1. The molecule has 0 amide bonds. The standard InChI is InChI=1S/C21H25N3O3S/c1-13(2)27-21(25)14(3)24(4)19-18-16(15-9-7-6-8-10-15)12-28-20(18)23-17(22-19)11-26-5/h6-10,12-14H,11H2,1-5H3. The average molecular weight is 400 g/mol. The Bertz CT molecular complexity index is 956. The molecule has 148 valence electrons. The molecule has 28 heavy (non-hydrogen) atoms. The van der Waals surface area contributed by atoms with E-state index in [2.05, 4.69) is 22.5 Å². The van der Waals surface area contributed by atoms with Crippen molar-refractivity contribution in [2.45, 2.75) is 39.5 Å². The first kappa shape index (κ1) is 20.2. The molecule has 0 saturated carbocycles. The summed E-state index contributed by atoms with van der Waals surface area (Å²) in [5.41, 5.74) is 2.14. The van der Waals surface area contributed by atoms with Gasteiger partial charge in [-0.1, -0.05) is 30.3 Å². The van der Waals surface area contributed by atoms with Crippen molar-refractivity contribution < 1.29 is 14.3 Å². The smallest absolute Gasteiger partial charge is 0.328 e. The van der Waals surface area contributed by atoms with E-state index >= 15 is 0 Å². The van der Waals surface area contributed by atoms with Gasteiger partial charge in [0.15, 0.2) is 5.82 Å². The lowest BCUT2D eigenvalue weighted by Gasteiger charge is -2.26. The Balaban J connectivity index is 2.12. The fourth-order valence-electron chi connectivity index (χ4n) is 2.92. The zero-order chi connectivity index (χ0) is 20.3. The third kappa shape index (κ3) is 4.15. The molecule has 1 unspecified atom stereocenters. The average Bonchev–Trinajstić information content (AvgIpc) is 3.10. The van der Waals surface area contributed by atoms with Crippen molar-refractivity contribution in [2.75, 3.05) is 19.1 Å². The molecular formula is C21H25N3O3S. The molecule has 0 aliphatic heterocycles. The molecule has 0 spiro atoms. The van der Waals surface area contributed by atoms with Crippen LogP contribution in [-0.4, -0.2) is 42.2 Å². The molecule has 0 N–H and O–H groups in total. The Labute approximate surface area is 169 Å². The van der Waals surface area contributed by atoms with E-state index in [1.54, 1.807) is 18.4 Å². The number of ether oxygens (including phenoxy) is 2. The largest absolute Gasteiger partial charge is 0.461 e. The minimum Gasteiger partial charge on any atom is -0.461 e. The number of hydrogen-bond donors (Lipinski definition) is 0. The molecule has 2 heterocycles. The van der Waals surface area contributed by atoms with Gasteiger partial charge in [-0.2, -0.15) is 0 Å². The van der Waals surface area contributed by atoms with Crippen LogP contribution >= 0.6 is 11.3 Å². The maximum absolute atomic E-state index is 12.5. The summed E-state index contributed by atoms with van der Waals surface area (Å²) in [6.45, 7) is 5.82. The van der Waals surface area contributed by atoms with Crippen molar-refractivity contribution in [3.63, 3.8) is 0 Å². The Morgan fingerprint density at radius 1 is 1.18 bits per heavy atom. The van der Waals surface area contributed by atoms with Gasteiger partial charge >= 0.3 is 5.97 Å². The third-order valence-electron chi connectivity index (χ3n) is 4.43. The monoisotopic (exact) mass is 399 g/mol. The fraction of sp³-hybridized carbons (Fsp3) is 0.381. The molecule has 0 aliphatic carbocycles. The number of carbonyl (C=O) groups is 1. The lowest BCUT2D eigenvalue weighted by molar-refractivity contribution is -0.148. The van der Waals surface area contributed by atoms with Crippen molar-refractivity contribution in [2.24, 2.45) is 0 Å². The Kier molecular flexibility index (Phi) is 6.26. The number of rotatable bonds is 7. The van der Waals surface area contributed by atoms with Crippen molar-refractivity contribution in [3.05, 3.63) is 41.5 Å². The summed E-state index contributed by atoms with van der Waals surface area (Å²) in [5.74, 6) is 1.00. The maximum Gasteiger partial charge on any atom is 0.328 e. The number of thiophene rings is 1. The van der Waals surface area contributed by atoms with Gasteiger partial charge in [0.25, 0.3) is 0 Å². The van der Waals surface area contributed by atoms with Crippen LogP contribution in [0.3, 0.4) is 0 Å². The molecule has 0 aliphatic rings. The first-order valence-electron chi connectivity index (χ1n) is 9.18. The van der Waals surface area contributed by atoms with Crippen LogP contribution in [0.15, 0.2) is 35.7 Å². The van der Waals surface area contributed by atoms with E-state index in [1.807, 2.05) is 50.9 Å². The molecule has 0 fully saturated rings. The Morgan fingerprint density at radius 3 is 2.54 bits per heavy atom. The second-order valence-electron chi connectivity index (χ2n) is 6.86. The van der Waals surface area contributed by atoms with Crippen molar-refractivity contribution in [3.8, 4) is 11.1 Å². The summed E-state index contributed by atoms with van der Waals surface area (Å²) < 4.78 is 10.6. The number of carbonyl (C=O) groups excluding carboxylic acids is 1. The summed E-state index contributed by atoms with van der Waals surface area (Å²) in [5, 5.41) is 3.02. The molecule has 0 radical (unpaired) electrons. The number of nitrogens with zero attached hydrogens (tertiary/aromatic N) is 3. The summed E-state index contributed by atoms with van der Waals surface area (Å²) in [6.07, 6.45) is -0.168. The maximum atomic E-state index is 12.5. The quantitative estimate of drug-likeness (QED) is 0.553. The minimum atomic E-state index is -0.487. The normalized spacial score (nSPS) is 12.4. The third-order valence-corrected chi connectivity index (χ3v) is 5.30. The number of methoxy groups -OCH3 is 1. The van der Waals surface area contributed by atoms with Gasteiger partial charge in [-0.25, -0.2) is 14.8 Å². The van der Waals surface area contributed by atoms with Gasteiger partial charge in [-0.15, -0.1) is 11.3 Å². The van der Waals surface area contributed by atoms with Gasteiger partial charge in [0.05, 0.1) is 11.5 Å². The number of aromatic nitrogens is 2. The molecule has 0 bridgehead atoms. The topological polar surface area (TPSA) is 64.5 Å². The SMILES string of the molecule is COCc1nc(N(C)C(C)C(=O)OC(C)C)c2c(-c3ccccc3)csc2n1. The summed E-state index contributed by atoms with van der Waals surface area (Å²) in [7, 11) is 3.47. The van der Waals surface area contributed by atoms with E-state index in [4.69, 9.17) is 14.5 Å². The van der Waals surface area contributed by atoms with E-state index in [9.17, 15) is 4.79 Å². The highest BCUT2D eigenvalue weighted by Gasteiger charge is 2.26. The van der Waals surface area contributed by atoms with Crippen molar-refractivity contribution >= 4 is 33.3 Å². The number of fused-ring (bicyclic) bond motifs is 1. The Morgan fingerprint density at radius 2 is 1.89 bits per heavy atom. The summed E-state index contributed by atoms with van der Waals surface area (Å²) in [4.78, 5) is 24.6. The molecule has 7 heteroatoms. The second kappa shape index (κ2) is 8.67. The molecule has 6 nitrogen and oxygen atoms in total. The molecule has 1 atom stereocenters. The molecular weight excluding hydrogens is 374 g/mol. The predicted molar refractivity (Wildman–Crippen MR) is 113 cm³/mol. The molecule has 3 aromatic rings. The van der Waals surface area contributed by atoms with E-state index in [1.165, 1.54) is 0 Å². The zero-order valence-corrected chi connectivity index (χ0v) is 17.6. The molecule has 0 saturated heterocycles. The van der Waals surface area contributed by atoms with Gasteiger partial charge in [0.2, 0.25) is 0 Å².